The molecule has 0 amide bonds. The highest BCUT2D eigenvalue weighted by Gasteiger charge is 2.29. The van der Waals surface area contributed by atoms with Crippen LogP contribution in [0.1, 0.15) is 38.1 Å². The number of nitrogens with zero attached hydrogens (tertiary/aromatic N) is 2. The SMILES string of the molecule is CC(C)(O)c1nc(-c2ccccc2)n2c1CCCC2. The molecule has 0 saturated carbocycles. The molecule has 2 aromatic rings. The van der Waals surface area contributed by atoms with Gasteiger partial charge in [0.1, 0.15) is 11.4 Å². The highest BCUT2D eigenvalue weighted by molar-refractivity contribution is 5.57. The zero-order valence-electron chi connectivity index (χ0n) is 11.6. The molecule has 0 unspecified atom stereocenters. The van der Waals surface area contributed by atoms with Crippen LogP contribution >= 0.6 is 0 Å². The molecule has 2 heterocycles. The van der Waals surface area contributed by atoms with Crippen LogP contribution < -0.4 is 0 Å². The molecule has 1 N–H and O–H groups in total. The monoisotopic (exact) mass is 256 g/mol. The molecule has 0 saturated heterocycles. The first-order chi connectivity index (χ1) is 9.07. The second-order valence-electron chi connectivity index (χ2n) is 5.76. The van der Waals surface area contributed by atoms with E-state index in [0.29, 0.717) is 0 Å². The summed E-state index contributed by atoms with van der Waals surface area (Å²) in [5.74, 6) is 0.993. The lowest BCUT2D eigenvalue weighted by Gasteiger charge is -2.21. The predicted molar refractivity (Wildman–Crippen MR) is 75.8 cm³/mol. The van der Waals surface area contributed by atoms with Gasteiger partial charge in [-0.3, -0.25) is 0 Å². The van der Waals surface area contributed by atoms with E-state index in [1.165, 1.54) is 18.5 Å². The Labute approximate surface area is 113 Å². The molecular weight excluding hydrogens is 236 g/mol. The maximum absolute atomic E-state index is 10.3. The molecule has 1 aliphatic heterocycles. The van der Waals surface area contributed by atoms with Gasteiger partial charge in [-0.25, -0.2) is 4.98 Å². The molecule has 3 nitrogen and oxygen atoms in total. The fourth-order valence-corrected chi connectivity index (χ4v) is 2.84. The van der Waals surface area contributed by atoms with Gasteiger partial charge in [0.15, 0.2) is 0 Å². The third kappa shape index (κ3) is 2.19. The fraction of sp³-hybridized carbons (Fsp3) is 0.438. The Hall–Kier alpha value is -1.61. The topological polar surface area (TPSA) is 38.1 Å². The summed E-state index contributed by atoms with van der Waals surface area (Å²) in [6.07, 6.45) is 3.39. The van der Waals surface area contributed by atoms with Gasteiger partial charge in [0.05, 0.1) is 5.69 Å². The minimum Gasteiger partial charge on any atom is -0.384 e. The van der Waals surface area contributed by atoms with E-state index >= 15 is 0 Å². The number of aromatic nitrogens is 2. The van der Waals surface area contributed by atoms with Gasteiger partial charge in [0, 0.05) is 17.8 Å². The van der Waals surface area contributed by atoms with Crippen molar-refractivity contribution in [3.8, 4) is 11.4 Å². The van der Waals surface area contributed by atoms with E-state index in [1.807, 2.05) is 32.0 Å². The number of hydrogen-bond donors (Lipinski definition) is 1. The molecule has 3 heteroatoms. The minimum absolute atomic E-state index is 0.839. The number of fused-ring (bicyclic) bond motifs is 1. The lowest BCUT2D eigenvalue weighted by molar-refractivity contribution is 0.0729. The second-order valence-corrected chi connectivity index (χ2v) is 5.76. The molecule has 100 valence electrons. The van der Waals surface area contributed by atoms with Gasteiger partial charge in [-0.1, -0.05) is 30.3 Å². The third-order valence-electron chi connectivity index (χ3n) is 3.73. The Bertz CT molecular complexity index is 579. The summed E-state index contributed by atoms with van der Waals surface area (Å²) >= 11 is 0. The Morgan fingerprint density at radius 3 is 2.58 bits per heavy atom. The van der Waals surface area contributed by atoms with Crippen molar-refractivity contribution in [1.29, 1.82) is 0 Å². The van der Waals surface area contributed by atoms with E-state index in [4.69, 9.17) is 4.98 Å². The predicted octanol–water partition coefficient (Wildman–Crippen LogP) is 3.11. The Balaban J connectivity index is 2.18. The van der Waals surface area contributed by atoms with Gasteiger partial charge in [-0.2, -0.15) is 0 Å². The zero-order chi connectivity index (χ0) is 13.5. The van der Waals surface area contributed by atoms with Crippen molar-refractivity contribution in [2.45, 2.75) is 45.3 Å². The summed E-state index contributed by atoms with van der Waals surface area (Å²) < 4.78 is 2.28. The van der Waals surface area contributed by atoms with Gasteiger partial charge < -0.3 is 9.67 Å². The molecule has 19 heavy (non-hydrogen) atoms. The zero-order valence-corrected chi connectivity index (χ0v) is 11.6. The standard InChI is InChI=1S/C16H20N2O/c1-16(2,19)14-13-10-6-7-11-18(13)15(17-14)12-8-4-3-5-9-12/h3-5,8-9,19H,6-7,10-11H2,1-2H3. The molecule has 1 aromatic carbocycles. The molecule has 0 bridgehead atoms. The van der Waals surface area contributed by atoms with E-state index in [-0.39, 0.29) is 0 Å². The summed E-state index contributed by atoms with van der Waals surface area (Å²) in [6, 6.07) is 10.2. The van der Waals surface area contributed by atoms with Crippen LogP contribution in [0, 0.1) is 0 Å². The highest BCUT2D eigenvalue weighted by atomic mass is 16.3. The molecule has 1 aromatic heterocycles. The molecular formula is C16H20N2O. The number of rotatable bonds is 2. The maximum atomic E-state index is 10.3. The average molecular weight is 256 g/mol. The van der Waals surface area contributed by atoms with Crippen LogP contribution in [0.2, 0.25) is 0 Å². The fourth-order valence-electron chi connectivity index (χ4n) is 2.84. The van der Waals surface area contributed by atoms with Crippen LogP contribution in [0.15, 0.2) is 30.3 Å². The van der Waals surface area contributed by atoms with Crippen molar-refractivity contribution in [1.82, 2.24) is 9.55 Å². The van der Waals surface area contributed by atoms with Gasteiger partial charge >= 0.3 is 0 Å². The van der Waals surface area contributed by atoms with Gasteiger partial charge in [0.25, 0.3) is 0 Å². The van der Waals surface area contributed by atoms with E-state index < -0.39 is 5.60 Å². The Morgan fingerprint density at radius 1 is 1.16 bits per heavy atom. The van der Waals surface area contributed by atoms with E-state index in [1.54, 1.807) is 0 Å². The Morgan fingerprint density at radius 2 is 1.89 bits per heavy atom. The number of imidazole rings is 1. The number of hydrogen-bond acceptors (Lipinski definition) is 2. The average Bonchev–Trinajstić information content (AvgIpc) is 2.79. The van der Waals surface area contributed by atoms with E-state index in [0.717, 1.165) is 30.0 Å². The summed E-state index contributed by atoms with van der Waals surface area (Å²) in [4.78, 5) is 4.75. The molecule has 1 aliphatic rings. The first kappa shape index (κ1) is 12.4. The van der Waals surface area contributed by atoms with Crippen LogP contribution in [0.4, 0.5) is 0 Å². The molecule has 3 rings (SSSR count). The molecule has 0 aliphatic carbocycles. The van der Waals surface area contributed by atoms with Crippen LogP contribution in [-0.2, 0) is 18.6 Å². The summed E-state index contributed by atoms with van der Waals surface area (Å²) in [5.41, 5.74) is 2.30. The smallest absolute Gasteiger partial charge is 0.140 e. The number of aliphatic hydroxyl groups is 1. The van der Waals surface area contributed by atoms with E-state index in [9.17, 15) is 5.11 Å². The molecule has 0 spiro atoms. The second kappa shape index (κ2) is 4.49. The number of benzene rings is 1. The summed E-state index contributed by atoms with van der Waals surface area (Å²) in [5, 5.41) is 10.3. The normalized spacial score (nSPS) is 15.3. The molecule has 0 radical (unpaired) electrons. The maximum Gasteiger partial charge on any atom is 0.140 e. The lowest BCUT2D eigenvalue weighted by atomic mass is 9.99. The van der Waals surface area contributed by atoms with Gasteiger partial charge in [-0.05, 0) is 33.1 Å². The van der Waals surface area contributed by atoms with Crippen molar-refractivity contribution < 1.29 is 5.11 Å². The largest absolute Gasteiger partial charge is 0.384 e. The van der Waals surface area contributed by atoms with Crippen molar-refractivity contribution in [3.63, 3.8) is 0 Å². The van der Waals surface area contributed by atoms with Crippen molar-refractivity contribution in [3.05, 3.63) is 41.7 Å². The van der Waals surface area contributed by atoms with Crippen molar-refractivity contribution in [2.75, 3.05) is 0 Å². The Kier molecular flexibility index (Phi) is 2.94. The van der Waals surface area contributed by atoms with E-state index in [2.05, 4.69) is 16.7 Å². The molecule has 0 fully saturated rings. The highest BCUT2D eigenvalue weighted by Crippen LogP contribution is 2.32. The van der Waals surface area contributed by atoms with Gasteiger partial charge in [0.2, 0.25) is 0 Å². The van der Waals surface area contributed by atoms with Crippen LogP contribution in [-0.4, -0.2) is 14.7 Å². The summed E-state index contributed by atoms with van der Waals surface area (Å²) in [6.45, 7) is 4.64. The van der Waals surface area contributed by atoms with Crippen LogP contribution in [0.5, 0.6) is 0 Å². The third-order valence-corrected chi connectivity index (χ3v) is 3.73. The van der Waals surface area contributed by atoms with Crippen molar-refractivity contribution >= 4 is 0 Å². The lowest BCUT2D eigenvalue weighted by Crippen LogP contribution is -2.20. The van der Waals surface area contributed by atoms with Crippen molar-refractivity contribution in [2.24, 2.45) is 0 Å². The van der Waals surface area contributed by atoms with Crippen LogP contribution in [0.3, 0.4) is 0 Å². The molecule has 0 atom stereocenters. The summed E-state index contributed by atoms with van der Waals surface area (Å²) in [7, 11) is 0. The first-order valence-corrected chi connectivity index (χ1v) is 6.95. The minimum atomic E-state index is -0.874. The van der Waals surface area contributed by atoms with Crippen LogP contribution in [0.25, 0.3) is 11.4 Å². The first-order valence-electron chi connectivity index (χ1n) is 6.95. The van der Waals surface area contributed by atoms with Gasteiger partial charge in [-0.15, -0.1) is 0 Å². The quantitative estimate of drug-likeness (QED) is 0.896.